The highest BCUT2D eigenvalue weighted by molar-refractivity contribution is 6.39. The van der Waals surface area contributed by atoms with Gasteiger partial charge in [0.05, 0.1) is 44.8 Å². The van der Waals surface area contributed by atoms with Crippen LogP contribution in [0.5, 0.6) is 0 Å². The number of halogens is 5. The van der Waals surface area contributed by atoms with Gasteiger partial charge in [-0.3, -0.25) is 19.4 Å². The molecule has 0 unspecified atom stereocenters. The first kappa shape index (κ1) is 31.3. The van der Waals surface area contributed by atoms with E-state index in [0.717, 1.165) is 31.5 Å². The summed E-state index contributed by atoms with van der Waals surface area (Å²) in [6.07, 6.45) is -1.12. The molecule has 2 aliphatic heterocycles. The SMILES string of the molecule is O=C(Nc1cccc(-c2cccc(Nc3nc(C(F)(F)F)nc4cccnc34)c2Cl)c1Cl)c1cc2n(n1)CCC[C@@H]2N1CC[C@@H](O)C1. The largest absolute Gasteiger partial charge is 0.451 e. The highest BCUT2D eigenvalue weighted by atomic mass is 35.5. The summed E-state index contributed by atoms with van der Waals surface area (Å²) in [6.45, 7) is 2.09. The summed E-state index contributed by atoms with van der Waals surface area (Å²) in [4.78, 5) is 27.1. The van der Waals surface area contributed by atoms with Crippen LogP contribution in [-0.2, 0) is 12.7 Å². The first-order valence-corrected chi connectivity index (χ1v) is 15.7. The van der Waals surface area contributed by atoms with Crippen molar-refractivity contribution < 1.29 is 23.1 Å². The van der Waals surface area contributed by atoms with Crippen LogP contribution >= 0.6 is 23.2 Å². The zero-order chi connectivity index (χ0) is 32.9. The zero-order valence-electron chi connectivity index (χ0n) is 24.6. The number of likely N-dealkylation sites (tertiary alicyclic amines) is 1. The maximum absolute atomic E-state index is 13.6. The highest BCUT2D eigenvalue weighted by Gasteiger charge is 2.36. The molecule has 0 aliphatic carbocycles. The van der Waals surface area contributed by atoms with Crippen molar-refractivity contribution in [2.45, 2.75) is 44.1 Å². The monoisotopic (exact) mass is 682 g/mol. The molecule has 1 amide bonds. The van der Waals surface area contributed by atoms with Crippen molar-refractivity contribution >= 4 is 57.3 Å². The number of hydrogen-bond donors (Lipinski definition) is 3. The smallest absolute Gasteiger partial charge is 0.392 e. The zero-order valence-corrected chi connectivity index (χ0v) is 26.1. The van der Waals surface area contributed by atoms with Gasteiger partial charge in [0.2, 0.25) is 5.82 Å². The molecule has 10 nitrogen and oxygen atoms in total. The van der Waals surface area contributed by atoms with Gasteiger partial charge in [0.15, 0.2) is 11.5 Å². The molecule has 7 rings (SSSR count). The number of β-amino-alcohol motifs (C(OH)–C–C–N with tert-alkyl or cyclic N) is 1. The lowest BCUT2D eigenvalue weighted by atomic mass is 10.0. The van der Waals surface area contributed by atoms with Crippen molar-refractivity contribution in [3.05, 3.63) is 88.1 Å². The maximum Gasteiger partial charge on any atom is 0.451 e. The minimum atomic E-state index is -4.78. The number of aliphatic hydroxyl groups excluding tert-OH is 1. The van der Waals surface area contributed by atoms with Crippen LogP contribution in [-0.4, -0.2) is 59.8 Å². The minimum absolute atomic E-state index is 0.0139. The Morgan fingerprint density at radius 2 is 1.70 bits per heavy atom. The molecule has 2 atom stereocenters. The summed E-state index contributed by atoms with van der Waals surface area (Å²) in [5.41, 5.74) is 2.88. The predicted molar refractivity (Wildman–Crippen MR) is 172 cm³/mol. The van der Waals surface area contributed by atoms with Gasteiger partial charge in [-0.25, -0.2) is 9.97 Å². The first-order chi connectivity index (χ1) is 22.6. The Bertz CT molecular complexity index is 2000. The number of pyridine rings is 1. The molecule has 242 valence electrons. The lowest BCUT2D eigenvalue weighted by Crippen LogP contribution is -2.32. The van der Waals surface area contributed by atoms with Crippen LogP contribution in [0.2, 0.25) is 10.0 Å². The van der Waals surface area contributed by atoms with E-state index in [2.05, 4.69) is 35.6 Å². The second-order valence-corrected chi connectivity index (χ2v) is 12.2. The molecule has 0 saturated carbocycles. The van der Waals surface area contributed by atoms with Gasteiger partial charge >= 0.3 is 6.18 Å². The van der Waals surface area contributed by atoms with Gasteiger partial charge in [0.25, 0.3) is 5.91 Å². The van der Waals surface area contributed by atoms with Gasteiger partial charge in [-0.15, -0.1) is 0 Å². The lowest BCUT2D eigenvalue weighted by molar-refractivity contribution is -0.144. The van der Waals surface area contributed by atoms with E-state index in [-0.39, 0.29) is 50.4 Å². The van der Waals surface area contributed by atoms with E-state index in [4.69, 9.17) is 23.2 Å². The van der Waals surface area contributed by atoms with Crippen LogP contribution in [0.1, 0.15) is 47.3 Å². The molecule has 1 saturated heterocycles. The number of anilines is 3. The highest BCUT2D eigenvalue weighted by Crippen LogP contribution is 2.42. The third kappa shape index (κ3) is 6.11. The Morgan fingerprint density at radius 1 is 0.957 bits per heavy atom. The number of carbonyl (C=O) groups is 1. The molecule has 5 heterocycles. The Morgan fingerprint density at radius 3 is 2.43 bits per heavy atom. The van der Waals surface area contributed by atoms with Gasteiger partial charge in [0.1, 0.15) is 5.52 Å². The molecular weight excluding hydrogens is 656 g/mol. The summed E-state index contributed by atoms with van der Waals surface area (Å²) >= 11 is 13.6. The molecule has 2 aliphatic rings. The number of rotatable bonds is 6. The van der Waals surface area contributed by atoms with Crippen LogP contribution in [0.4, 0.5) is 30.4 Å². The molecule has 2 aromatic carbocycles. The maximum atomic E-state index is 13.6. The van der Waals surface area contributed by atoms with Crippen LogP contribution in [0.15, 0.2) is 60.8 Å². The summed E-state index contributed by atoms with van der Waals surface area (Å²) in [7, 11) is 0. The van der Waals surface area contributed by atoms with Gasteiger partial charge in [-0.05, 0) is 49.6 Å². The van der Waals surface area contributed by atoms with Gasteiger partial charge < -0.3 is 15.7 Å². The number of nitrogens with one attached hydrogen (secondary N) is 2. The van der Waals surface area contributed by atoms with Crippen molar-refractivity contribution in [3.63, 3.8) is 0 Å². The van der Waals surface area contributed by atoms with Gasteiger partial charge in [-0.1, -0.05) is 47.5 Å². The molecule has 0 spiro atoms. The molecule has 0 radical (unpaired) electrons. The Labute approximate surface area is 276 Å². The van der Waals surface area contributed by atoms with Crippen molar-refractivity contribution in [1.29, 1.82) is 0 Å². The number of aliphatic hydroxyl groups is 1. The first-order valence-electron chi connectivity index (χ1n) is 14.9. The van der Waals surface area contributed by atoms with Crippen LogP contribution < -0.4 is 10.6 Å². The average molecular weight is 684 g/mol. The topological polar surface area (TPSA) is 121 Å². The molecule has 5 aromatic rings. The fraction of sp³-hybridized carbons (Fsp3) is 0.281. The lowest BCUT2D eigenvalue weighted by Gasteiger charge is -2.31. The number of aryl methyl sites for hydroxylation is 1. The number of amides is 1. The quantitative estimate of drug-likeness (QED) is 0.173. The predicted octanol–water partition coefficient (Wildman–Crippen LogP) is 7.11. The fourth-order valence-corrected chi connectivity index (χ4v) is 6.71. The second-order valence-electron chi connectivity index (χ2n) is 11.5. The van der Waals surface area contributed by atoms with Crippen molar-refractivity contribution in [1.82, 2.24) is 29.6 Å². The third-order valence-corrected chi connectivity index (χ3v) is 9.18. The Hall–Kier alpha value is -4.30. The van der Waals surface area contributed by atoms with Crippen LogP contribution in [0.25, 0.3) is 22.2 Å². The van der Waals surface area contributed by atoms with Crippen molar-refractivity contribution in [2.75, 3.05) is 23.7 Å². The summed E-state index contributed by atoms with van der Waals surface area (Å²) in [6, 6.07) is 14.8. The number of hydrogen-bond acceptors (Lipinski definition) is 8. The number of alkyl halides is 3. The number of aromatic nitrogens is 5. The second kappa shape index (κ2) is 12.4. The van der Waals surface area contributed by atoms with E-state index >= 15 is 0 Å². The van der Waals surface area contributed by atoms with E-state index in [1.807, 2.05) is 4.68 Å². The average Bonchev–Trinajstić information content (AvgIpc) is 3.69. The summed E-state index contributed by atoms with van der Waals surface area (Å²) in [5.74, 6) is -1.92. The number of nitrogens with zero attached hydrogens (tertiary/aromatic N) is 6. The molecule has 15 heteroatoms. The van der Waals surface area contributed by atoms with E-state index in [1.54, 1.807) is 42.5 Å². The van der Waals surface area contributed by atoms with Crippen LogP contribution in [0.3, 0.4) is 0 Å². The Balaban J connectivity index is 1.16. The molecule has 3 N–H and O–H groups in total. The van der Waals surface area contributed by atoms with Gasteiger partial charge in [0, 0.05) is 37.0 Å². The molecular formula is C32H27Cl2F3N8O2. The standard InChI is InChI=1S/C32H27Cl2F3N8O2/c33-26-18(5-1-7-20(26)39-29-28-22(9-3-12-38-28)41-31(42-29)32(35,36)37)19-6-2-8-21(27(19)34)40-30(47)23-15-25-24(10-4-13-45(25)43-23)44-14-11-17(46)16-44/h1-3,5-9,12,15,17,24,46H,4,10-11,13-14,16H2,(H,40,47)(H,39,41,42)/t17-,24+/m1/s1. The van der Waals surface area contributed by atoms with E-state index < -0.39 is 17.9 Å². The van der Waals surface area contributed by atoms with Crippen molar-refractivity contribution in [3.8, 4) is 11.1 Å². The van der Waals surface area contributed by atoms with E-state index in [1.165, 1.54) is 18.3 Å². The third-order valence-electron chi connectivity index (χ3n) is 8.37. The minimum Gasteiger partial charge on any atom is -0.392 e. The van der Waals surface area contributed by atoms with Gasteiger partial charge in [-0.2, -0.15) is 18.3 Å². The summed E-state index contributed by atoms with van der Waals surface area (Å²) < 4.78 is 42.6. The number of carbonyl (C=O) groups excluding carboxylic acids is 1. The number of fused-ring (bicyclic) bond motifs is 2. The molecule has 47 heavy (non-hydrogen) atoms. The fourth-order valence-electron chi connectivity index (χ4n) is 6.16. The van der Waals surface area contributed by atoms with E-state index in [9.17, 15) is 23.1 Å². The van der Waals surface area contributed by atoms with E-state index in [0.29, 0.717) is 29.9 Å². The van der Waals surface area contributed by atoms with Crippen molar-refractivity contribution in [2.24, 2.45) is 0 Å². The normalized spacial score (nSPS) is 18.3. The molecule has 3 aromatic heterocycles. The summed E-state index contributed by atoms with van der Waals surface area (Å²) in [5, 5.41) is 20.7. The Kier molecular flexibility index (Phi) is 8.25. The molecule has 0 bridgehead atoms. The molecule has 1 fully saturated rings. The van der Waals surface area contributed by atoms with Crippen LogP contribution in [0, 0.1) is 0 Å². The number of benzene rings is 2.